The lowest BCUT2D eigenvalue weighted by atomic mass is 9.79. The van der Waals surface area contributed by atoms with E-state index in [1.165, 1.54) is 19.2 Å². The fraction of sp³-hybridized carbons (Fsp3) is 0.375. The van der Waals surface area contributed by atoms with Crippen molar-refractivity contribution in [1.82, 2.24) is 4.98 Å². The Hall–Kier alpha value is -1.15. The van der Waals surface area contributed by atoms with Gasteiger partial charge in [0.25, 0.3) is 0 Å². The molecule has 0 amide bonds. The van der Waals surface area contributed by atoms with Crippen molar-refractivity contribution in [3.63, 3.8) is 0 Å². The summed E-state index contributed by atoms with van der Waals surface area (Å²) in [6.45, 7) is -0.472. The third-order valence-corrected chi connectivity index (χ3v) is 1.80. The van der Waals surface area contributed by atoms with E-state index in [0.717, 1.165) is 0 Å². The summed E-state index contributed by atoms with van der Waals surface area (Å²) in [5.74, 6) is 0.343. The predicted molar refractivity (Wildman–Crippen MR) is 52.5 cm³/mol. The van der Waals surface area contributed by atoms with Crippen LogP contribution in [0, 0.1) is 0 Å². The Kier molecular flexibility index (Phi) is 4.51. The van der Waals surface area contributed by atoms with E-state index in [4.69, 9.17) is 24.6 Å². The van der Waals surface area contributed by atoms with E-state index in [9.17, 15) is 0 Å². The number of methoxy groups -OCH3 is 1. The average Bonchev–Trinajstić information content (AvgIpc) is 2.25. The number of aliphatic hydroxyl groups excluding tert-OH is 1. The molecule has 7 heteroatoms. The molecule has 0 atom stereocenters. The molecule has 82 valence electrons. The van der Waals surface area contributed by atoms with Gasteiger partial charge in [0.15, 0.2) is 0 Å². The number of pyridine rings is 1. The number of aromatic nitrogens is 1. The van der Waals surface area contributed by atoms with Crippen LogP contribution in [-0.4, -0.2) is 41.2 Å². The third kappa shape index (κ3) is 3.17. The van der Waals surface area contributed by atoms with Crippen LogP contribution in [0.5, 0.6) is 5.88 Å². The van der Waals surface area contributed by atoms with Crippen molar-refractivity contribution < 1.29 is 24.6 Å². The molecule has 0 aromatic carbocycles. The molecule has 6 nitrogen and oxygen atoms in total. The minimum absolute atomic E-state index is 0.0132. The highest BCUT2D eigenvalue weighted by atomic mass is 16.6. The van der Waals surface area contributed by atoms with E-state index in [1.54, 1.807) is 0 Å². The number of rotatable bonds is 5. The molecule has 15 heavy (non-hydrogen) atoms. The number of ether oxygens (including phenoxy) is 2. The highest BCUT2D eigenvalue weighted by molar-refractivity contribution is 6.59. The second-order valence-corrected chi connectivity index (χ2v) is 2.74. The molecule has 0 bridgehead atoms. The summed E-state index contributed by atoms with van der Waals surface area (Å²) in [7, 11) is -0.172. The van der Waals surface area contributed by atoms with Crippen molar-refractivity contribution in [3.8, 4) is 5.88 Å². The smallest absolute Gasteiger partial charge is 0.481 e. The minimum Gasteiger partial charge on any atom is -0.481 e. The first-order valence-corrected chi connectivity index (χ1v) is 4.27. The van der Waals surface area contributed by atoms with Crippen LogP contribution in [0.3, 0.4) is 0 Å². The zero-order chi connectivity index (χ0) is 11.3. The van der Waals surface area contributed by atoms with Crippen molar-refractivity contribution in [3.05, 3.63) is 17.8 Å². The second-order valence-electron chi connectivity index (χ2n) is 2.74. The Morgan fingerprint density at radius 3 is 2.67 bits per heavy atom. The molecule has 0 saturated heterocycles. The molecule has 0 aliphatic rings. The lowest BCUT2D eigenvalue weighted by Crippen LogP contribution is -2.34. The summed E-state index contributed by atoms with van der Waals surface area (Å²) in [6.07, 6.45) is 0. The normalized spacial score (nSPS) is 10.1. The fourth-order valence-corrected chi connectivity index (χ4v) is 1.10. The van der Waals surface area contributed by atoms with Crippen LogP contribution in [0.2, 0.25) is 0 Å². The number of nitrogens with zero attached hydrogens (tertiary/aromatic N) is 1. The van der Waals surface area contributed by atoms with Gasteiger partial charge < -0.3 is 24.6 Å². The SMILES string of the molecule is COc1ccc(B(O)O)c(COCO)n1. The van der Waals surface area contributed by atoms with Gasteiger partial charge in [-0.25, -0.2) is 4.98 Å². The van der Waals surface area contributed by atoms with Crippen molar-refractivity contribution in [2.45, 2.75) is 6.61 Å². The van der Waals surface area contributed by atoms with E-state index in [1.807, 2.05) is 0 Å². The van der Waals surface area contributed by atoms with E-state index < -0.39 is 13.9 Å². The number of hydrogen-bond donors (Lipinski definition) is 3. The van der Waals surface area contributed by atoms with E-state index >= 15 is 0 Å². The molecule has 0 aliphatic carbocycles. The molecule has 1 aromatic rings. The first-order valence-electron chi connectivity index (χ1n) is 4.27. The van der Waals surface area contributed by atoms with Gasteiger partial charge in [-0.3, -0.25) is 0 Å². The summed E-state index contributed by atoms with van der Waals surface area (Å²) < 4.78 is 9.60. The largest absolute Gasteiger partial charge is 0.490 e. The molecule has 0 fully saturated rings. The highest BCUT2D eigenvalue weighted by Gasteiger charge is 2.17. The van der Waals surface area contributed by atoms with Gasteiger partial charge in [-0.15, -0.1) is 0 Å². The molecule has 1 aromatic heterocycles. The zero-order valence-corrected chi connectivity index (χ0v) is 8.25. The van der Waals surface area contributed by atoms with E-state index in [2.05, 4.69) is 4.98 Å². The van der Waals surface area contributed by atoms with E-state index in [-0.39, 0.29) is 12.1 Å². The third-order valence-electron chi connectivity index (χ3n) is 1.80. The zero-order valence-electron chi connectivity index (χ0n) is 8.25. The van der Waals surface area contributed by atoms with Crippen LogP contribution < -0.4 is 10.2 Å². The average molecular weight is 213 g/mol. The summed E-state index contributed by atoms with van der Waals surface area (Å²) in [5, 5.41) is 26.5. The van der Waals surface area contributed by atoms with Crippen LogP contribution in [0.15, 0.2) is 12.1 Å². The first-order chi connectivity index (χ1) is 7.19. The first kappa shape index (κ1) is 11.9. The van der Waals surface area contributed by atoms with Gasteiger partial charge >= 0.3 is 7.12 Å². The lowest BCUT2D eigenvalue weighted by Gasteiger charge is -2.09. The van der Waals surface area contributed by atoms with Crippen molar-refractivity contribution in [1.29, 1.82) is 0 Å². The predicted octanol–water partition coefficient (Wildman–Crippen LogP) is -1.76. The van der Waals surface area contributed by atoms with Gasteiger partial charge in [-0.1, -0.05) is 6.07 Å². The molecular weight excluding hydrogens is 201 g/mol. The van der Waals surface area contributed by atoms with Crippen LogP contribution in [0.4, 0.5) is 0 Å². The van der Waals surface area contributed by atoms with Gasteiger partial charge in [0.05, 0.1) is 19.4 Å². The fourth-order valence-electron chi connectivity index (χ4n) is 1.10. The minimum atomic E-state index is -1.62. The highest BCUT2D eigenvalue weighted by Crippen LogP contribution is 2.06. The monoisotopic (exact) mass is 213 g/mol. The maximum atomic E-state index is 9.02. The Morgan fingerprint density at radius 1 is 1.40 bits per heavy atom. The Morgan fingerprint density at radius 2 is 2.13 bits per heavy atom. The lowest BCUT2D eigenvalue weighted by molar-refractivity contribution is -0.0123. The number of hydrogen-bond acceptors (Lipinski definition) is 6. The quantitative estimate of drug-likeness (QED) is 0.396. The van der Waals surface area contributed by atoms with Gasteiger partial charge in [-0.2, -0.15) is 0 Å². The number of aliphatic hydroxyl groups is 1. The summed E-state index contributed by atoms with van der Waals surface area (Å²) in [6, 6.07) is 2.99. The topological polar surface area (TPSA) is 92.0 Å². The Labute approximate surface area is 87.2 Å². The van der Waals surface area contributed by atoms with Crippen molar-refractivity contribution >= 4 is 12.6 Å². The van der Waals surface area contributed by atoms with Gasteiger partial charge in [0.2, 0.25) is 5.88 Å². The van der Waals surface area contributed by atoms with Crippen molar-refractivity contribution in [2.24, 2.45) is 0 Å². The molecule has 0 aliphatic heterocycles. The summed E-state index contributed by atoms with van der Waals surface area (Å²) in [5.41, 5.74) is 0.544. The molecule has 3 N–H and O–H groups in total. The Balaban J connectivity index is 2.94. The molecule has 0 spiro atoms. The van der Waals surface area contributed by atoms with Crippen LogP contribution in [0.25, 0.3) is 0 Å². The summed E-state index contributed by atoms with van der Waals surface area (Å²) >= 11 is 0. The van der Waals surface area contributed by atoms with Gasteiger partial charge in [-0.05, 0) is 6.07 Å². The maximum absolute atomic E-state index is 9.02. The molecule has 0 radical (unpaired) electrons. The van der Waals surface area contributed by atoms with Crippen LogP contribution in [-0.2, 0) is 11.3 Å². The summed E-state index contributed by atoms with van der Waals surface area (Å²) in [4.78, 5) is 3.97. The molecule has 1 heterocycles. The maximum Gasteiger partial charge on any atom is 0.490 e. The van der Waals surface area contributed by atoms with E-state index in [0.29, 0.717) is 11.6 Å². The van der Waals surface area contributed by atoms with Crippen LogP contribution >= 0.6 is 0 Å². The molecule has 0 saturated carbocycles. The second kappa shape index (κ2) is 5.67. The van der Waals surface area contributed by atoms with Crippen molar-refractivity contribution in [2.75, 3.05) is 13.9 Å². The standard InChI is InChI=1S/C8H12BNO5/c1-14-8-3-2-6(9(12)13)7(10-8)4-15-5-11/h2-3,11-13H,4-5H2,1H3. The van der Waals surface area contributed by atoms with Gasteiger partial charge in [0, 0.05) is 5.46 Å². The van der Waals surface area contributed by atoms with Crippen LogP contribution in [0.1, 0.15) is 5.69 Å². The molecular formula is C8H12BNO5. The molecule has 1 rings (SSSR count). The molecule has 0 unspecified atom stereocenters. The van der Waals surface area contributed by atoms with Gasteiger partial charge in [0.1, 0.15) is 6.79 Å². The Bertz CT molecular complexity index is 320.